The molecular formula is C22H28F3N5O5. The molecule has 0 saturated heterocycles. The molecule has 0 bridgehead atoms. The van der Waals surface area contributed by atoms with Crippen molar-refractivity contribution < 1.29 is 37.3 Å². The van der Waals surface area contributed by atoms with Crippen LogP contribution in [-0.2, 0) is 11.2 Å². The minimum atomic E-state index is -5.08. The molecule has 0 atom stereocenters. The molecule has 1 aromatic heterocycles. The average molecular weight is 499 g/mol. The molecule has 0 radical (unpaired) electrons. The Hall–Kier alpha value is -3.92. The number of nitriles is 1. The molecule has 192 valence electrons. The first kappa shape index (κ1) is 29.1. The number of nitrogens with zero attached hydrogens (tertiary/aromatic N) is 3. The van der Waals surface area contributed by atoms with Gasteiger partial charge in [-0.3, -0.25) is 0 Å². The topological polar surface area (TPSA) is 143 Å². The minimum Gasteiger partial charge on any atom is -0.493 e. The highest BCUT2D eigenvalue weighted by Crippen LogP contribution is 2.45. The summed E-state index contributed by atoms with van der Waals surface area (Å²) in [5, 5.41) is 20.0. The number of nitrogens with one attached hydrogen (secondary N) is 1. The maximum absolute atomic E-state index is 10.6. The van der Waals surface area contributed by atoms with E-state index in [0.29, 0.717) is 47.3 Å². The number of nitrogen functional groups attached to an aromatic ring is 1. The molecule has 0 fully saturated rings. The van der Waals surface area contributed by atoms with E-state index in [4.69, 9.17) is 29.8 Å². The van der Waals surface area contributed by atoms with Crippen LogP contribution in [0.1, 0.15) is 24.1 Å². The third-order valence-electron chi connectivity index (χ3n) is 4.64. The SMILES string of the molecule is C.COc1cc2c(cc1OC)Oc1nc(N)c(C#N)c(NCCN(C)C)c1C2.O=C(O)C(F)(F)F. The molecule has 35 heavy (non-hydrogen) atoms. The molecule has 2 aromatic rings. The van der Waals surface area contributed by atoms with Crippen LogP contribution in [0.2, 0.25) is 0 Å². The summed E-state index contributed by atoms with van der Waals surface area (Å²) in [7, 11) is 7.14. The Bertz CT molecular complexity index is 1100. The lowest BCUT2D eigenvalue weighted by molar-refractivity contribution is -0.192. The van der Waals surface area contributed by atoms with Crippen LogP contribution in [0.3, 0.4) is 0 Å². The van der Waals surface area contributed by atoms with Crippen molar-refractivity contribution >= 4 is 17.5 Å². The second kappa shape index (κ2) is 12.0. The van der Waals surface area contributed by atoms with Crippen molar-refractivity contribution in [2.45, 2.75) is 20.0 Å². The number of anilines is 2. The summed E-state index contributed by atoms with van der Waals surface area (Å²) < 4.78 is 48.4. The number of ether oxygens (including phenoxy) is 3. The Morgan fingerprint density at radius 2 is 1.89 bits per heavy atom. The molecule has 1 aromatic carbocycles. The van der Waals surface area contributed by atoms with E-state index >= 15 is 0 Å². The van der Waals surface area contributed by atoms with Crippen LogP contribution in [0, 0.1) is 11.3 Å². The van der Waals surface area contributed by atoms with Gasteiger partial charge in [0.2, 0.25) is 5.88 Å². The van der Waals surface area contributed by atoms with Gasteiger partial charge in [0.05, 0.1) is 19.9 Å². The van der Waals surface area contributed by atoms with Gasteiger partial charge in [-0.1, -0.05) is 7.43 Å². The second-order valence-corrected chi connectivity index (χ2v) is 7.27. The number of aromatic nitrogens is 1. The highest BCUT2D eigenvalue weighted by atomic mass is 19.4. The number of nitrogens with two attached hydrogens (primary N) is 1. The molecule has 1 aliphatic rings. The number of hydrogen-bond donors (Lipinski definition) is 3. The van der Waals surface area contributed by atoms with Crippen LogP contribution in [-0.4, -0.2) is 68.5 Å². The maximum atomic E-state index is 10.6. The molecule has 0 saturated carbocycles. The van der Waals surface area contributed by atoms with Gasteiger partial charge in [-0.05, 0) is 20.2 Å². The molecular weight excluding hydrogens is 471 g/mol. The number of likely N-dealkylation sites (N-methyl/N-ethyl adjacent to an activating group) is 1. The van der Waals surface area contributed by atoms with Crippen molar-refractivity contribution in [2.24, 2.45) is 0 Å². The number of methoxy groups -OCH3 is 2. The van der Waals surface area contributed by atoms with E-state index < -0.39 is 12.1 Å². The number of rotatable bonds is 6. The van der Waals surface area contributed by atoms with Crippen LogP contribution >= 0.6 is 0 Å². The summed E-state index contributed by atoms with van der Waals surface area (Å²) in [6, 6.07) is 5.80. The molecule has 3 rings (SSSR count). The van der Waals surface area contributed by atoms with Gasteiger partial charge < -0.3 is 35.3 Å². The number of pyridine rings is 1. The number of aliphatic carboxylic acids is 1. The first-order valence-corrected chi connectivity index (χ1v) is 9.76. The summed E-state index contributed by atoms with van der Waals surface area (Å²) in [6.07, 6.45) is -4.54. The van der Waals surface area contributed by atoms with Gasteiger partial charge in [-0.2, -0.15) is 23.4 Å². The first-order valence-electron chi connectivity index (χ1n) is 9.76. The van der Waals surface area contributed by atoms with Gasteiger partial charge in [0, 0.05) is 36.7 Å². The van der Waals surface area contributed by atoms with Gasteiger partial charge in [0.1, 0.15) is 23.2 Å². The maximum Gasteiger partial charge on any atom is 0.490 e. The quantitative estimate of drug-likeness (QED) is 0.461. The number of carboxylic acids is 1. The number of halogens is 3. The molecule has 1 aliphatic heterocycles. The molecule has 0 spiro atoms. The van der Waals surface area contributed by atoms with Gasteiger partial charge >= 0.3 is 12.1 Å². The van der Waals surface area contributed by atoms with Gasteiger partial charge in [0.15, 0.2) is 11.5 Å². The minimum absolute atomic E-state index is 0. The van der Waals surface area contributed by atoms with E-state index in [-0.39, 0.29) is 13.2 Å². The lowest BCUT2D eigenvalue weighted by Crippen LogP contribution is -2.22. The number of benzene rings is 1. The van der Waals surface area contributed by atoms with Crippen LogP contribution in [0.4, 0.5) is 24.7 Å². The summed E-state index contributed by atoms with van der Waals surface area (Å²) in [5.41, 5.74) is 8.73. The Morgan fingerprint density at radius 1 is 1.31 bits per heavy atom. The number of carbonyl (C=O) groups is 1. The highest BCUT2D eigenvalue weighted by Gasteiger charge is 2.38. The van der Waals surface area contributed by atoms with Crippen LogP contribution in [0.15, 0.2) is 12.1 Å². The van der Waals surface area contributed by atoms with E-state index in [0.717, 1.165) is 17.7 Å². The van der Waals surface area contributed by atoms with Gasteiger partial charge in [0.25, 0.3) is 0 Å². The third-order valence-corrected chi connectivity index (χ3v) is 4.64. The molecule has 13 heteroatoms. The van der Waals surface area contributed by atoms with E-state index in [9.17, 15) is 18.4 Å². The predicted octanol–water partition coefficient (Wildman–Crippen LogP) is 3.49. The fraction of sp³-hybridized carbons (Fsp3) is 0.409. The highest BCUT2D eigenvalue weighted by molar-refractivity contribution is 5.75. The number of hydrogen-bond acceptors (Lipinski definition) is 9. The van der Waals surface area contributed by atoms with Crippen molar-refractivity contribution in [1.29, 1.82) is 5.26 Å². The van der Waals surface area contributed by atoms with E-state index in [1.807, 2.05) is 20.2 Å². The molecule has 0 amide bonds. The third kappa shape index (κ3) is 7.03. The van der Waals surface area contributed by atoms with Crippen molar-refractivity contribution in [2.75, 3.05) is 52.5 Å². The van der Waals surface area contributed by atoms with E-state index in [2.05, 4.69) is 21.3 Å². The summed E-state index contributed by atoms with van der Waals surface area (Å²) in [5.74, 6) is -0.380. The fourth-order valence-electron chi connectivity index (χ4n) is 3.01. The normalized spacial score (nSPS) is 11.4. The monoisotopic (exact) mass is 499 g/mol. The fourth-order valence-corrected chi connectivity index (χ4v) is 3.01. The smallest absolute Gasteiger partial charge is 0.490 e. The summed E-state index contributed by atoms with van der Waals surface area (Å²) >= 11 is 0. The Kier molecular flexibility index (Phi) is 9.96. The zero-order valence-corrected chi connectivity index (χ0v) is 18.9. The van der Waals surface area contributed by atoms with Gasteiger partial charge in [-0.15, -0.1) is 0 Å². The Morgan fingerprint density at radius 3 is 2.37 bits per heavy atom. The first-order chi connectivity index (χ1) is 15.9. The second-order valence-electron chi connectivity index (χ2n) is 7.27. The number of fused-ring (bicyclic) bond motifs is 2. The number of alkyl halides is 3. The van der Waals surface area contributed by atoms with Crippen LogP contribution in [0.25, 0.3) is 0 Å². The average Bonchev–Trinajstić information content (AvgIpc) is 2.76. The molecule has 2 heterocycles. The lowest BCUT2D eigenvalue weighted by Gasteiger charge is -2.25. The van der Waals surface area contributed by atoms with Crippen molar-refractivity contribution in [3.8, 4) is 29.2 Å². The van der Waals surface area contributed by atoms with E-state index in [1.54, 1.807) is 20.3 Å². The molecule has 10 nitrogen and oxygen atoms in total. The molecule has 0 unspecified atom stereocenters. The van der Waals surface area contributed by atoms with Crippen LogP contribution in [0.5, 0.6) is 23.1 Å². The largest absolute Gasteiger partial charge is 0.493 e. The van der Waals surface area contributed by atoms with Crippen molar-refractivity contribution in [1.82, 2.24) is 9.88 Å². The summed E-state index contributed by atoms with van der Waals surface area (Å²) in [4.78, 5) is 15.2. The Labute approximate surface area is 201 Å². The zero-order chi connectivity index (χ0) is 25.6. The van der Waals surface area contributed by atoms with E-state index in [1.165, 1.54) is 0 Å². The molecule has 4 N–H and O–H groups in total. The van der Waals surface area contributed by atoms with Gasteiger partial charge in [-0.25, -0.2) is 4.79 Å². The van der Waals surface area contributed by atoms with Crippen molar-refractivity contribution in [3.05, 3.63) is 28.8 Å². The standard InChI is InChI=1S/C19H23N5O3.C2HF3O2.CH4/c1-24(2)6-5-22-17-12-7-11-8-15(25-3)16(26-4)9-14(11)27-19(12)23-18(21)13(17)10-20;3-2(4,5)1(6)7;/h8-9H,5-7H2,1-4H3,(H3,21,22,23);(H,6,7);1H4. The number of carboxylic acid groups (broad SMARTS) is 1. The predicted molar refractivity (Wildman–Crippen MR) is 123 cm³/mol. The summed E-state index contributed by atoms with van der Waals surface area (Å²) in [6.45, 7) is 1.47. The van der Waals surface area contributed by atoms with Crippen molar-refractivity contribution in [3.63, 3.8) is 0 Å². The Balaban J connectivity index is 0.000000672. The lowest BCUT2D eigenvalue weighted by atomic mass is 9.98. The van der Waals surface area contributed by atoms with Crippen LogP contribution < -0.4 is 25.3 Å². The zero-order valence-electron chi connectivity index (χ0n) is 18.9. The molecule has 0 aliphatic carbocycles.